The van der Waals surface area contributed by atoms with Gasteiger partial charge in [-0.25, -0.2) is 0 Å². The van der Waals surface area contributed by atoms with Gasteiger partial charge in [0.15, 0.2) is 0 Å². The molecule has 148 valence electrons. The van der Waals surface area contributed by atoms with Crippen molar-refractivity contribution < 1.29 is 0 Å². The number of allylic oxidation sites excluding steroid dienone is 4. The van der Waals surface area contributed by atoms with Gasteiger partial charge in [0.05, 0.1) is 5.38 Å². The molecule has 6 rings (SSSR count). The molecule has 3 fully saturated rings. The number of alkyl halides is 2. The zero-order chi connectivity index (χ0) is 18.2. The van der Waals surface area contributed by atoms with Crippen molar-refractivity contribution in [3.8, 4) is 0 Å². The zero-order valence-corrected chi connectivity index (χ0v) is 18.1. The maximum atomic E-state index is 7.10. The molecule has 0 nitrogen and oxygen atoms in total. The molecule has 0 bridgehead atoms. The van der Waals surface area contributed by atoms with Crippen molar-refractivity contribution in [2.24, 2.45) is 35.0 Å². The van der Waals surface area contributed by atoms with Crippen molar-refractivity contribution in [2.75, 3.05) is 0 Å². The first kappa shape index (κ1) is 17.9. The van der Waals surface area contributed by atoms with Gasteiger partial charge in [0.2, 0.25) is 0 Å². The Hall–Kier alpha value is 0.0600. The quantitative estimate of drug-likeness (QED) is 0.287. The summed E-state index contributed by atoms with van der Waals surface area (Å²) in [6.07, 6.45) is 20.8. The third-order valence-electron chi connectivity index (χ3n) is 9.71. The van der Waals surface area contributed by atoms with Crippen LogP contribution in [0.25, 0.3) is 0 Å². The lowest BCUT2D eigenvalue weighted by molar-refractivity contribution is 0.0813. The van der Waals surface area contributed by atoms with Gasteiger partial charge in [-0.15, -0.1) is 23.2 Å². The standard InChI is InChI=1S/C25H34Cl2/c26-15-13-22-24(23(27)14-15)18-9-3-6-12-21(18)25(22)19-10-4-1-7-16(19)17-8-2-5-11-20(17)25/h13,15-16,18-19,21,23-24H,1-12,14H2. The average molecular weight is 405 g/mol. The molecule has 8 atom stereocenters. The summed E-state index contributed by atoms with van der Waals surface area (Å²) in [5.41, 5.74) is 6.05. The van der Waals surface area contributed by atoms with E-state index < -0.39 is 0 Å². The van der Waals surface area contributed by atoms with Gasteiger partial charge in [-0.3, -0.25) is 0 Å². The Bertz CT molecular complexity index is 690. The van der Waals surface area contributed by atoms with Crippen LogP contribution in [0.2, 0.25) is 0 Å². The summed E-state index contributed by atoms with van der Waals surface area (Å²) in [6, 6.07) is 0. The summed E-state index contributed by atoms with van der Waals surface area (Å²) in [5.74, 6) is 4.14. The van der Waals surface area contributed by atoms with E-state index in [0.717, 1.165) is 30.1 Å². The molecule has 0 amide bonds. The number of hydrogen-bond acceptors (Lipinski definition) is 0. The number of fused-ring (bicyclic) bond motifs is 9. The minimum Gasteiger partial charge on any atom is -0.122 e. The predicted octanol–water partition coefficient (Wildman–Crippen LogP) is 7.64. The molecular formula is C25H34Cl2. The van der Waals surface area contributed by atoms with Crippen molar-refractivity contribution in [1.29, 1.82) is 0 Å². The van der Waals surface area contributed by atoms with Gasteiger partial charge in [-0.1, -0.05) is 48.5 Å². The molecule has 27 heavy (non-hydrogen) atoms. The first-order valence-electron chi connectivity index (χ1n) is 12.0. The normalized spacial score (nSPS) is 51.5. The van der Waals surface area contributed by atoms with Gasteiger partial charge in [-0.2, -0.15) is 0 Å². The van der Waals surface area contributed by atoms with E-state index in [1.807, 2.05) is 11.1 Å². The highest BCUT2D eigenvalue weighted by atomic mass is 35.5. The largest absolute Gasteiger partial charge is 0.122 e. The molecule has 0 heterocycles. The first-order chi connectivity index (χ1) is 13.2. The number of halogens is 2. The molecule has 0 aromatic heterocycles. The van der Waals surface area contributed by atoms with E-state index in [-0.39, 0.29) is 10.8 Å². The summed E-state index contributed by atoms with van der Waals surface area (Å²) in [4.78, 5) is 0. The molecule has 6 aliphatic carbocycles. The molecule has 0 aliphatic heterocycles. The van der Waals surface area contributed by atoms with E-state index in [2.05, 4.69) is 6.08 Å². The van der Waals surface area contributed by atoms with Crippen LogP contribution in [0.5, 0.6) is 0 Å². The smallest absolute Gasteiger partial charge is 0.0533 e. The lowest BCUT2D eigenvalue weighted by Gasteiger charge is -2.47. The second-order valence-electron chi connectivity index (χ2n) is 10.5. The Labute approximate surface area is 175 Å². The summed E-state index contributed by atoms with van der Waals surface area (Å²) < 4.78 is 0. The van der Waals surface area contributed by atoms with Crippen molar-refractivity contribution in [3.63, 3.8) is 0 Å². The topological polar surface area (TPSA) is 0 Å². The highest BCUT2D eigenvalue weighted by Crippen LogP contribution is 2.75. The fourth-order valence-electron chi connectivity index (χ4n) is 9.23. The van der Waals surface area contributed by atoms with Gasteiger partial charge in [-0.05, 0) is 81.5 Å². The highest BCUT2D eigenvalue weighted by Gasteiger charge is 2.67. The van der Waals surface area contributed by atoms with E-state index in [1.165, 1.54) is 77.0 Å². The Balaban J connectivity index is 1.59. The molecule has 0 aromatic rings. The Morgan fingerprint density at radius 3 is 2.44 bits per heavy atom. The van der Waals surface area contributed by atoms with E-state index >= 15 is 0 Å². The lowest BCUT2D eigenvalue weighted by atomic mass is 9.56. The second-order valence-corrected chi connectivity index (χ2v) is 11.7. The van der Waals surface area contributed by atoms with E-state index in [1.54, 1.807) is 5.57 Å². The fraction of sp³-hybridized carbons (Fsp3) is 0.840. The predicted molar refractivity (Wildman–Crippen MR) is 114 cm³/mol. The minimum absolute atomic E-state index is 0.158. The van der Waals surface area contributed by atoms with Crippen molar-refractivity contribution in [3.05, 3.63) is 22.8 Å². The molecule has 0 saturated heterocycles. The minimum atomic E-state index is 0.158. The Morgan fingerprint density at radius 2 is 1.56 bits per heavy atom. The van der Waals surface area contributed by atoms with Crippen LogP contribution in [0.4, 0.5) is 0 Å². The SMILES string of the molecule is ClC1C=C2C(C(Cl)C1)C1CCCCC1C21C2=C(CCCC2)C2CCCCC21. The summed E-state index contributed by atoms with van der Waals surface area (Å²) in [7, 11) is 0. The van der Waals surface area contributed by atoms with Gasteiger partial charge in [0, 0.05) is 16.7 Å². The third-order valence-corrected chi connectivity index (χ3v) is 10.5. The first-order valence-corrected chi connectivity index (χ1v) is 12.8. The van der Waals surface area contributed by atoms with Crippen molar-refractivity contribution in [1.82, 2.24) is 0 Å². The van der Waals surface area contributed by atoms with E-state index in [9.17, 15) is 0 Å². The molecule has 0 aromatic carbocycles. The summed E-state index contributed by atoms with van der Waals surface area (Å²) in [6.45, 7) is 0. The van der Waals surface area contributed by atoms with E-state index in [4.69, 9.17) is 23.2 Å². The Kier molecular flexibility index (Phi) is 4.32. The van der Waals surface area contributed by atoms with Gasteiger partial charge < -0.3 is 0 Å². The van der Waals surface area contributed by atoms with Crippen LogP contribution < -0.4 is 0 Å². The average Bonchev–Trinajstić information content (AvgIpc) is 3.15. The molecule has 0 N–H and O–H groups in total. The Morgan fingerprint density at radius 1 is 0.815 bits per heavy atom. The number of hydrogen-bond donors (Lipinski definition) is 0. The van der Waals surface area contributed by atoms with Crippen molar-refractivity contribution >= 4 is 23.2 Å². The van der Waals surface area contributed by atoms with Crippen LogP contribution in [0, 0.1) is 35.0 Å². The highest BCUT2D eigenvalue weighted by molar-refractivity contribution is 6.25. The molecule has 2 heteroatoms. The summed E-state index contributed by atoms with van der Waals surface area (Å²) in [5, 5.41) is 0.429. The number of rotatable bonds is 0. The maximum Gasteiger partial charge on any atom is 0.0533 e. The van der Waals surface area contributed by atoms with E-state index in [0.29, 0.717) is 11.3 Å². The van der Waals surface area contributed by atoms with Crippen LogP contribution in [0.3, 0.4) is 0 Å². The fourth-order valence-corrected chi connectivity index (χ4v) is 10.2. The summed E-state index contributed by atoms with van der Waals surface area (Å²) >= 11 is 13.9. The molecule has 3 saturated carbocycles. The van der Waals surface area contributed by atoms with Crippen molar-refractivity contribution in [2.45, 2.75) is 94.2 Å². The van der Waals surface area contributed by atoms with Crippen LogP contribution in [-0.4, -0.2) is 10.8 Å². The van der Waals surface area contributed by atoms with Crippen LogP contribution in [0.15, 0.2) is 22.8 Å². The molecule has 1 spiro atoms. The molecule has 0 radical (unpaired) electrons. The molecule has 8 unspecified atom stereocenters. The van der Waals surface area contributed by atoms with Crippen LogP contribution in [0.1, 0.15) is 83.5 Å². The third kappa shape index (κ3) is 2.30. The maximum absolute atomic E-state index is 7.10. The monoisotopic (exact) mass is 404 g/mol. The van der Waals surface area contributed by atoms with Gasteiger partial charge in [0.1, 0.15) is 0 Å². The molecular weight excluding hydrogens is 371 g/mol. The molecule has 6 aliphatic rings. The lowest BCUT2D eigenvalue weighted by Crippen LogP contribution is -2.40. The zero-order valence-electron chi connectivity index (χ0n) is 16.6. The van der Waals surface area contributed by atoms with Gasteiger partial charge in [0.25, 0.3) is 0 Å². The van der Waals surface area contributed by atoms with Gasteiger partial charge >= 0.3 is 0 Å². The van der Waals surface area contributed by atoms with Crippen LogP contribution in [-0.2, 0) is 0 Å². The second kappa shape index (κ2) is 6.53. The van der Waals surface area contributed by atoms with Crippen LogP contribution >= 0.6 is 23.2 Å².